The zero-order chi connectivity index (χ0) is 15.9. The molecule has 23 heavy (non-hydrogen) atoms. The van der Waals surface area contributed by atoms with Gasteiger partial charge in [-0.05, 0) is 25.0 Å². The molecule has 1 fully saturated rings. The minimum absolute atomic E-state index is 0.192. The first-order chi connectivity index (χ1) is 11.3. The van der Waals surface area contributed by atoms with Crippen LogP contribution in [0.1, 0.15) is 36.4 Å². The summed E-state index contributed by atoms with van der Waals surface area (Å²) in [5, 5.41) is 2.84. The minimum atomic E-state index is 0.192. The summed E-state index contributed by atoms with van der Waals surface area (Å²) in [6.45, 7) is 2.19. The van der Waals surface area contributed by atoms with Crippen LogP contribution in [0.3, 0.4) is 0 Å². The van der Waals surface area contributed by atoms with Crippen molar-refractivity contribution in [2.24, 2.45) is 0 Å². The van der Waals surface area contributed by atoms with E-state index in [9.17, 15) is 4.79 Å². The van der Waals surface area contributed by atoms with Crippen molar-refractivity contribution in [2.45, 2.75) is 38.7 Å². The highest BCUT2D eigenvalue weighted by Gasteiger charge is 2.17. The number of rotatable bonds is 5. The second-order valence-electron chi connectivity index (χ2n) is 5.68. The standard InChI is InChI=1S/C17H21N3O2S/c21-17(20-8-3-1-2-4-9-20)10-14-13-23-16(19-14)12-22-15-6-5-7-18-11-15/h5-7,11,13H,1-4,8-10,12H2. The first-order valence-electron chi connectivity index (χ1n) is 8.05. The first-order valence-corrected chi connectivity index (χ1v) is 8.93. The zero-order valence-corrected chi connectivity index (χ0v) is 13.9. The van der Waals surface area contributed by atoms with Crippen LogP contribution in [0.4, 0.5) is 0 Å². The molecule has 0 unspecified atom stereocenters. The quantitative estimate of drug-likeness (QED) is 0.845. The molecular weight excluding hydrogens is 310 g/mol. The van der Waals surface area contributed by atoms with Gasteiger partial charge in [-0.3, -0.25) is 9.78 Å². The molecule has 3 rings (SSSR count). The molecule has 122 valence electrons. The Labute approximate surface area is 140 Å². The molecule has 0 aliphatic carbocycles. The maximum Gasteiger partial charge on any atom is 0.228 e. The van der Waals surface area contributed by atoms with Gasteiger partial charge in [0.05, 0.1) is 18.3 Å². The monoisotopic (exact) mass is 331 g/mol. The third kappa shape index (κ3) is 4.76. The second kappa shape index (κ2) is 8.06. The van der Waals surface area contributed by atoms with Crippen LogP contribution in [0.2, 0.25) is 0 Å². The Bertz CT molecular complexity index is 622. The molecule has 0 spiro atoms. The summed E-state index contributed by atoms with van der Waals surface area (Å²) in [5.74, 6) is 0.918. The zero-order valence-electron chi connectivity index (χ0n) is 13.1. The van der Waals surface area contributed by atoms with Gasteiger partial charge in [0.1, 0.15) is 17.4 Å². The molecule has 0 saturated carbocycles. The first kappa shape index (κ1) is 15.9. The van der Waals surface area contributed by atoms with E-state index in [4.69, 9.17) is 4.74 Å². The summed E-state index contributed by atoms with van der Waals surface area (Å²) < 4.78 is 5.63. The summed E-state index contributed by atoms with van der Waals surface area (Å²) in [6.07, 6.45) is 8.48. The predicted molar refractivity (Wildman–Crippen MR) is 89.4 cm³/mol. The van der Waals surface area contributed by atoms with Crippen LogP contribution in [0.25, 0.3) is 0 Å². The van der Waals surface area contributed by atoms with E-state index in [0.29, 0.717) is 13.0 Å². The number of nitrogens with zero attached hydrogens (tertiary/aromatic N) is 3. The second-order valence-corrected chi connectivity index (χ2v) is 6.62. The molecule has 0 bridgehead atoms. The van der Waals surface area contributed by atoms with Gasteiger partial charge in [-0.2, -0.15) is 0 Å². The fourth-order valence-electron chi connectivity index (χ4n) is 2.66. The number of pyridine rings is 1. The lowest BCUT2D eigenvalue weighted by Crippen LogP contribution is -2.33. The molecule has 5 nitrogen and oxygen atoms in total. The van der Waals surface area contributed by atoms with E-state index < -0.39 is 0 Å². The molecular formula is C17H21N3O2S. The third-order valence-corrected chi connectivity index (χ3v) is 4.76. The predicted octanol–water partition coefficient (Wildman–Crippen LogP) is 3.06. The molecule has 1 amide bonds. The minimum Gasteiger partial charge on any atom is -0.485 e. The lowest BCUT2D eigenvalue weighted by atomic mass is 10.2. The topological polar surface area (TPSA) is 55.3 Å². The summed E-state index contributed by atoms with van der Waals surface area (Å²) in [5.41, 5.74) is 0.842. The van der Waals surface area contributed by atoms with Gasteiger partial charge in [-0.15, -0.1) is 11.3 Å². The molecule has 6 heteroatoms. The Balaban J connectivity index is 1.51. The van der Waals surface area contributed by atoms with Gasteiger partial charge in [-0.1, -0.05) is 12.8 Å². The van der Waals surface area contributed by atoms with E-state index in [0.717, 1.165) is 42.4 Å². The number of hydrogen-bond acceptors (Lipinski definition) is 5. The molecule has 0 aromatic carbocycles. The van der Waals surface area contributed by atoms with Crippen molar-refractivity contribution in [3.8, 4) is 5.75 Å². The van der Waals surface area contributed by atoms with Crippen molar-refractivity contribution in [1.82, 2.24) is 14.9 Å². The average Bonchev–Trinajstić information content (AvgIpc) is 2.84. The van der Waals surface area contributed by atoms with Gasteiger partial charge in [-0.25, -0.2) is 4.98 Å². The van der Waals surface area contributed by atoms with E-state index in [1.165, 1.54) is 24.2 Å². The van der Waals surface area contributed by atoms with Crippen LogP contribution in [0.5, 0.6) is 5.75 Å². The van der Waals surface area contributed by atoms with E-state index in [1.54, 1.807) is 12.4 Å². The van der Waals surface area contributed by atoms with Crippen LogP contribution in [0.15, 0.2) is 29.9 Å². The van der Waals surface area contributed by atoms with E-state index >= 15 is 0 Å². The Morgan fingerprint density at radius 1 is 1.26 bits per heavy atom. The molecule has 1 aliphatic heterocycles. The van der Waals surface area contributed by atoms with Crippen molar-refractivity contribution in [3.05, 3.63) is 40.6 Å². The molecule has 1 saturated heterocycles. The Morgan fingerprint density at radius 3 is 2.83 bits per heavy atom. The van der Waals surface area contributed by atoms with Crippen molar-refractivity contribution in [2.75, 3.05) is 13.1 Å². The van der Waals surface area contributed by atoms with Gasteiger partial charge >= 0.3 is 0 Å². The largest absolute Gasteiger partial charge is 0.485 e. The van der Waals surface area contributed by atoms with Crippen LogP contribution in [-0.4, -0.2) is 33.9 Å². The SMILES string of the molecule is O=C(Cc1csc(COc2cccnc2)n1)N1CCCCCC1. The molecule has 0 radical (unpaired) electrons. The number of likely N-dealkylation sites (tertiary alicyclic amines) is 1. The molecule has 1 aliphatic rings. The van der Waals surface area contributed by atoms with E-state index in [2.05, 4.69) is 9.97 Å². The Hall–Kier alpha value is -1.95. The van der Waals surface area contributed by atoms with Gasteiger partial charge in [0.2, 0.25) is 5.91 Å². The van der Waals surface area contributed by atoms with Crippen LogP contribution < -0.4 is 4.74 Å². The smallest absolute Gasteiger partial charge is 0.228 e. The Kier molecular flexibility index (Phi) is 5.58. The van der Waals surface area contributed by atoms with E-state index in [-0.39, 0.29) is 5.91 Å². The van der Waals surface area contributed by atoms with Gasteiger partial charge < -0.3 is 9.64 Å². The van der Waals surface area contributed by atoms with Crippen molar-refractivity contribution < 1.29 is 9.53 Å². The number of hydrogen-bond donors (Lipinski definition) is 0. The number of amides is 1. The fourth-order valence-corrected chi connectivity index (χ4v) is 3.37. The number of carbonyl (C=O) groups excluding carboxylic acids is 1. The lowest BCUT2D eigenvalue weighted by Gasteiger charge is -2.19. The van der Waals surface area contributed by atoms with Crippen LogP contribution >= 0.6 is 11.3 Å². The molecule has 2 aromatic rings. The third-order valence-electron chi connectivity index (χ3n) is 3.89. The molecule has 0 atom stereocenters. The summed E-state index contributed by atoms with van der Waals surface area (Å²) >= 11 is 1.53. The van der Waals surface area contributed by atoms with Gasteiger partial charge in [0.15, 0.2) is 0 Å². The van der Waals surface area contributed by atoms with Crippen molar-refractivity contribution >= 4 is 17.2 Å². The van der Waals surface area contributed by atoms with E-state index in [1.807, 2.05) is 22.4 Å². The number of carbonyl (C=O) groups is 1. The van der Waals surface area contributed by atoms with Gasteiger partial charge in [0.25, 0.3) is 0 Å². The Morgan fingerprint density at radius 2 is 2.09 bits per heavy atom. The van der Waals surface area contributed by atoms with Gasteiger partial charge in [0, 0.05) is 24.7 Å². The van der Waals surface area contributed by atoms with Crippen LogP contribution in [0, 0.1) is 0 Å². The highest BCUT2D eigenvalue weighted by atomic mass is 32.1. The summed E-state index contributed by atoms with van der Waals surface area (Å²) in [4.78, 5) is 22.9. The maximum atomic E-state index is 12.4. The number of aromatic nitrogens is 2. The number of ether oxygens (including phenoxy) is 1. The number of thiazole rings is 1. The highest BCUT2D eigenvalue weighted by molar-refractivity contribution is 7.09. The van der Waals surface area contributed by atoms with Crippen molar-refractivity contribution in [1.29, 1.82) is 0 Å². The maximum absolute atomic E-state index is 12.4. The normalized spacial score (nSPS) is 15.2. The highest BCUT2D eigenvalue weighted by Crippen LogP contribution is 2.16. The molecule has 2 aromatic heterocycles. The summed E-state index contributed by atoms with van der Waals surface area (Å²) in [7, 11) is 0. The average molecular weight is 331 g/mol. The van der Waals surface area contributed by atoms with Crippen LogP contribution in [-0.2, 0) is 17.8 Å². The fraction of sp³-hybridized carbons (Fsp3) is 0.471. The lowest BCUT2D eigenvalue weighted by molar-refractivity contribution is -0.130. The van der Waals surface area contributed by atoms with Crippen molar-refractivity contribution in [3.63, 3.8) is 0 Å². The molecule has 3 heterocycles. The molecule has 0 N–H and O–H groups in total. The summed E-state index contributed by atoms with van der Waals surface area (Å²) in [6, 6.07) is 3.70.